The molecule has 3 aromatic rings. The van der Waals surface area contributed by atoms with Gasteiger partial charge >= 0.3 is 0 Å². The summed E-state index contributed by atoms with van der Waals surface area (Å²) < 4.78 is 2.20. The Labute approximate surface area is 130 Å². The maximum Gasteiger partial charge on any atom is 0.126 e. The maximum atomic E-state index is 4.46. The highest BCUT2D eigenvalue weighted by Gasteiger charge is 2.03. The summed E-state index contributed by atoms with van der Waals surface area (Å²) in [6.07, 6.45) is 4.77. The first kappa shape index (κ1) is 14.3. The van der Waals surface area contributed by atoms with Crippen molar-refractivity contribution in [1.29, 1.82) is 0 Å². The van der Waals surface area contributed by atoms with Crippen LogP contribution in [0.1, 0.15) is 17.1 Å². The Morgan fingerprint density at radius 3 is 2.73 bits per heavy atom. The minimum absolute atomic E-state index is 0.822. The number of pyridine rings is 1. The number of benzene rings is 1. The molecule has 2 aromatic heterocycles. The lowest BCUT2D eigenvalue weighted by Gasteiger charge is -2.09. The summed E-state index contributed by atoms with van der Waals surface area (Å²) in [6, 6.07) is 16.4. The topological polar surface area (TPSA) is 42.7 Å². The third kappa shape index (κ3) is 3.73. The fourth-order valence-corrected chi connectivity index (χ4v) is 2.44. The van der Waals surface area contributed by atoms with E-state index in [4.69, 9.17) is 0 Å². The van der Waals surface area contributed by atoms with Crippen molar-refractivity contribution in [2.45, 2.75) is 19.9 Å². The molecule has 3 rings (SSSR count). The molecule has 0 spiro atoms. The van der Waals surface area contributed by atoms with E-state index in [-0.39, 0.29) is 0 Å². The summed E-state index contributed by atoms with van der Waals surface area (Å²) in [6.45, 7) is 3.68. The van der Waals surface area contributed by atoms with E-state index < -0.39 is 0 Å². The third-order valence-corrected chi connectivity index (χ3v) is 3.54. The van der Waals surface area contributed by atoms with Crippen LogP contribution in [0.4, 0.5) is 5.82 Å². The van der Waals surface area contributed by atoms with Crippen molar-refractivity contribution in [1.82, 2.24) is 14.5 Å². The van der Waals surface area contributed by atoms with Crippen LogP contribution in [0.5, 0.6) is 0 Å². The van der Waals surface area contributed by atoms with Gasteiger partial charge in [-0.1, -0.05) is 36.4 Å². The van der Waals surface area contributed by atoms with Crippen molar-refractivity contribution < 1.29 is 0 Å². The summed E-state index contributed by atoms with van der Waals surface area (Å²) in [5.41, 5.74) is 2.31. The molecule has 0 saturated heterocycles. The van der Waals surface area contributed by atoms with E-state index >= 15 is 0 Å². The minimum atomic E-state index is 0.822. The van der Waals surface area contributed by atoms with E-state index in [1.165, 1.54) is 5.56 Å². The van der Waals surface area contributed by atoms with Crippen LogP contribution < -0.4 is 5.32 Å². The van der Waals surface area contributed by atoms with Crippen molar-refractivity contribution in [3.05, 3.63) is 78.0 Å². The second kappa shape index (κ2) is 6.89. The average molecular weight is 292 g/mol. The zero-order chi connectivity index (χ0) is 15.2. The Balaban J connectivity index is 1.58. The molecule has 0 bridgehead atoms. The Morgan fingerprint density at radius 2 is 1.91 bits per heavy atom. The number of hydrogen-bond donors (Lipinski definition) is 1. The van der Waals surface area contributed by atoms with Crippen molar-refractivity contribution in [3.8, 4) is 0 Å². The molecule has 1 aromatic carbocycles. The molecular formula is C18H20N4. The molecule has 0 atom stereocenters. The lowest BCUT2D eigenvalue weighted by Crippen LogP contribution is -2.11. The largest absolute Gasteiger partial charge is 0.370 e. The summed E-state index contributed by atoms with van der Waals surface area (Å²) in [5, 5.41) is 3.35. The van der Waals surface area contributed by atoms with E-state index in [0.29, 0.717) is 0 Å². The summed E-state index contributed by atoms with van der Waals surface area (Å²) in [7, 11) is 0. The highest BCUT2D eigenvalue weighted by atomic mass is 15.1. The third-order valence-electron chi connectivity index (χ3n) is 3.54. The van der Waals surface area contributed by atoms with Crippen LogP contribution >= 0.6 is 0 Å². The second-order valence-electron chi connectivity index (χ2n) is 5.30. The fourth-order valence-electron chi connectivity index (χ4n) is 2.44. The monoisotopic (exact) mass is 292 g/mol. The van der Waals surface area contributed by atoms with Crippen LogP contribution in [-0.4, -0.2) is 21.1 Å². The number of rotatable bonds is 6. The SMILES string of the molecule is Cc1cccc(NCCc2nccn2Cc2ccccc2)n1. The first-order valence-electron chi connectivity index (χ1n) is 7.53. The van der Waals surface area contributed by atoms with Gasteiger partial charge in [-0.25, -0.2) is 9.97 Å². The van der Waals surface area contributed by atoms with E-state index in [0.717, 1.165) is 36.8 Å². The molecule has 112 valence electrons. The van der Waals surface area contributed by atoms with Crippen molar-refractivity contribution in [2.24, 2.45) is 0 Å². The minimum Gasteiger partial charge on any atom is -0.370 e. The molecule has 4 heteroatoms. The van der Waals surface area contributed by atoms with E-state index in [9.17, 15) is 0 Å². The Hall–Kier alpha value is -2.62. The normalized spacial score (nSPS) is 10.6. The maximum absolute atomic E-state index is 4.46. The quantitative estimate of drug-likeness (QED) is 0.758. The Bertz CT molecular complexity index is 719. The van der Waals surface area contributed by atoms with Gasteiger partial charge in [-0.05, 0) is 24.6 Å². The van der Waals surface area contributed by atoms with Gasteiger partial charge in [0.1, 0.15) is 11.6 Å². The van der Waals surface area contributed by atoms with Crippen LogP contribution in [0.25, 0.3) is 0 Å². The smallest absolute Gasteiger partial charge is 0.126 e. The van der Waals surface area contributed by atoms with Gasteiger partial charge in [0.25, 0.3) is 0 Å². The van der Waals surface area contributed by atoms with Crippen LogP contribution in [-0.2, 0) is 13.0 Å². The number of imidazole rings is 1. The average Bonchev–Trinajstić information content (AvgIpc) is 2.96. The molecule has 0 fully saturated rings. The summed E-state index contributed by atoms with van der Waals surface area (Å²) in [4.78, 5) is 8.91. The Kier molecular flexibility index (Phi) is 4.49. The highest BCUT2D eigenvalue weighted by Crippen LogP contribution is 2.07. The molecule has 0 unspecified atom stereocenters. The second-order valence-corrected chi connectivity index (χ2v) is 5.30. The zero-order valence-electron chi connectivity index (χ0n) is 12.7. The first-order valence-corrected chi connectivity index (χ1v) is 7.53. The van der Waals surface area contributed by atoms with Crippen LogP contribution in [0.3, 0.4) is 0 Å². The molecule has 22 heavy (non-hydrogen) atoms. The lowest BCUT2D eigenvalue weighted by atomic mass is 10.2. The molecular weight excluding hydrogens is 272 g/mol. The first-order chi connectivity index (χ1) is 10.8. The summed E-state index contributed by atoms with van der Waals surface area (Å²) in [5.74, 6) is 2.00. The Morgan fingerprint density at radius 1 is 1.05 bits per heavy atom. The predicted molar refractivity (Wildman–Crippen MR) is 88.9 cm³/mol. The van der Waals surface area contributed by atoms with Gasteiger partial charge in [0.05, 0.1) is 0 Å². The number of nitrogens with one attached hydrogen (secondary N) is 1. The van der Waals surface area contributed by atoms with Crippen molar-refractivity contribution >= 4 is 5.82 Å². The van der Waals surface area contributed by atoms with Crippen LogP contribution in [0.2, 0.25) is 0 Å². The number of hydrogen-bond acceptors (Lipinski definition) is 3. The van der Waals surface area contributed by atoms with Gasteiger partial charge in [-0.2, -0.15) is 0 Å². The molecule has 0 aliphatic heterocycles. The molecule has 4 nitrogen and oxygen atoms in total. The zero-order valence-corrected chi connectivity index (χ0v) is 12.7. The van der Waals surface area contributed by atoms with Gasteiger partial charge in [0, 0.05) is 37.6 Å². The van der Waals surface area contributed by atoms with Crippen molar-refractivity contribution in [3.63, 3.8) is 0 Å². The lowest BCUT2D eigenvalue weighted by molar-refractivity contribution is 0.722. The van der Waals surface area contributed by atoms with Gasteiger partial charge in [0.2, 0.25) is 0 Å². The van der Waals surface area contributed by atoms with Gasteiger partial charge in [-0.3, -0.25) is 0 Å². The highest BCUT2D eigenvalue weighted by molar-refractivity contribution is 5.35. The van der Waals surface area contributed by atoms with Gasteiger partial charge in [0.15, 0.2) is 0 Å². The molecule has 0 aliphatic rings. The predicted octanol–water partition coefficient (Wildman–Crippen LogP) is 3.29. The fraction of sp³-hybridized carbons (Fsp3) is 0.222. The van der Waals surface area contributed by atoms with E-state index in [1.807, 2.05) is 43.6 Å². The number of anilines is 1. The number of nitrogens with zero attached hydrogens (tertiary/aromatic N) is 3. The number of aryl methyl sites for hydroxylation is 1. The van der Waals surface area contributed by atoms with Crippen LogP contribution in [0.15, 0.2) is 60.9 Å². The van der Waals surface area contributed by atoms with E-state index in [2.05, 4.69) is 44.1 Å². The van der Waals surface area contributed by atoms with Gasteiger partial charge < -0.3 is 9.88 Å². The molecule has 1 N–H and O–H groups in total. The molecule has 2 heterocycles. The molecule has 0 amide bonds. The summed E-state index contributed by atoms with van der Waals surface area (Å²) >= 11 is 0. The van der Waals surface area contributed by atoms with Crippen molar-refractivity contribution in [2.75, 3.05) is 11.9 Å². The standard InChI is InChI=1S/C18H20N4/c1-15-6-5-9-17(21-15)19-11-10-18-20-12-13-22(18)14-16-7-3-2-4-8-16/h2-9,12-13H,10-11,14H2,1H3,(H,19,21). The molecule has 0 saturated carbocycles. The number of aromatic nitrogens is 3. The molecule has 0 radical (unpaired) electrons. The van der Waals surface area contributed by atoms with E-state index in [1.54, 1.807) is 0 Å². The molecule has 0 aliphatic carbocycles. The van der Waals surface area contributed by atoms with Gasteiger partial charge in [-0.15, -0.1) is 0 Å². The van der Waals surface area contributed by atoms with Crippen LogP contribution in [0, 0.1) is 6.92 Å².